The van der Waals surface area contributed by atoms with Gasteiger partial charge in [0.15, 0.2) is 0 Å². The number of nitrogens with one attached hydrogen (secondary N) is 1. The normalized spacial score (nSPS) is 10.6. The monoisotopic (exact) mass is 349 g/mol. The van der Waals surface area contributed by atoms with Gasteiger partial charge in [0.1, 0.15) is 17.5 Å². The first-order valence-electron chi connectivity index (χ1n) is 5.30. The van der Waals surface area contributed by atoms with Gasteiger partial charge >= 0.3 is 0 Å². The summed E-state index contributed by atoms with van der Waals surface area (Å²) in [6, 6.07) is 6.43. The minimum absolute atomic E-state index is 0.128. The molecule has 100 valence electrons. The quantitative estimate of drug-likeness (QED) is 0.757. The smallest absolute Gasteiger partial charge is 0.147 e. The lowest BCUT2D eigenvalue weighted by Crippen LogP contribution is -2.06. The molecule has 0 amide bonds. The van der Waals surface area contributed by atoms with E-state index < -0.39 is 17.5 Å². The van der Waals surface area contributed by atoms with Crippen molar-refractivity contribution in [1.82, 2.24) is 0 Å². The molecule has 6 heteroatoms. The van der Waals surface area contributed by atoms with Gasteiger partial charge in [0, 0.05) is 17.1 Å². The van der Waals surface area contributed by atoms with Crippen molar-refractivity contribution in [2.75, 3.05) is 5.32 Å². The molecule has 1 nitrogen and oxygen atoms in total. The average Bonchev–Trinajstić information content (AvgIpc) is 2.36. The highest BCUT2D eigenvalue weighted by Gasteiger charge is 2.12. The first-order valence-corrected chi connectivity index (χ1v) is 6.47. The predicted octanol–water partition coefficient (Wildman–Crippen LogP) is 5.13. The first-order chi connectivity index (χ1) is 8.99. The van der Waals surface area contributed by atoms with E-state index in [0.717, 1.165) is 12.1 Å². The van der Waals surface area contributed by atoms with Gasteiger partial charge in [-0.25, -0.2) is 13.2 Å². The molecule has 1 N–H and O–H groups in total. The maximum absolute atomic E-state index is 13.7. The van der Waals surface area contributed by atoms with Crippen LogP contribution in [0, 0.1) is 17.5 Å². The number of anilines is 1. The Morgan fingerprint density at radius 1 is 1.05 bits per heavy atom. The van der Waals surface area contributed by atoms with Crippen LogP contribution in [0.3, 0.4) is 0 Å². The third-order valence-electron chi connectivity index (χ3n) is 2.53. The highest BCUT2D eigenvalue weighted by molar-refractivity contribution is 9.10. The number of rotatable bonds is 3. The summed E-state index contributed by atoms with van der Waals surface area (Å²) in [7, 11) is 0. The molecular formula is C13H8BrClF3N. The van der Waals surface area contributed by atoms with E-state index in [1.807, 2.05) is 0 Å². The van der Waals surface area contributed by atoms with Gasteiger partial charge in [0.2, 0.25) is 0 Å². The second-order valence-corrected chi connectivity index (χ2v) is 5.09. The summed E-state index contributed by atoms with van der Waals surface area (Å²) in [5.41, 5.74) is -0.0353. The highest BCUT2D eigenvalue weighted by Crippen LogP contribution is 2.24. The van der Waals surface area contributed by atoms with Crippen LogP contribution in [-0.2, 0) is 6.54 Å². The lowest BCUT2D eigenvalue weighted by atomic mass is 10.2. The van der Waals surface area contributed by atoms with Gasteiger partial charge in [0.05, 0.1) is 10.2 Å². The topological polar surface area (TPSA) is 12.0 Å². The summed E-state index contributed by atoms with van der Waals surface area (Å²) >= 11 is 8.58. The largest absolute Gasteiger partial charge is 0.378 e. The zero-order valence-corrected chi connectivity index (χ0v) is 11.8. The number of benzene rings is 2. The molecule has 2 rings (SSSR count). The van der Waals surface area contributed by atoms with E-state index in [2.05, 4.69) is 21.2 Å². The summed E-state index contributed by atoms with van der Waals surface area (Å²) in [5.74, 6) is -1.98. The fraction of sp³-hybridized carbons (Fsp3) is 0.0769. The third-order valence-corrected chi connectivity index (χ3v) is 3.37. The van der Waals surface area contributed by atoms with Crippen LogP contribution in [0.15, 0.2) is 34.8 Å². The van der Waals surface area contributed by atoms with Crippen LogP contribution >= 0.6 is 27.5 Å². The zero-order chi connectivity index (χ0) is 14.0. The molecule has 2 aromatic rings. The van der Waals surface area contributed by atoms with Gasteiger partial charge in [-0.3, -0.25) is 0 Å². The van der Waals surface area contributed by atoms with Crippen LogP contribution in [0.1, 0.15) is 5.56 Å². The van der Waals surface area contributed by atoms with E-state index >= 15 is 0 Å². The second-order valence-electron chi connectivity index (χ2n) is 3.80. The van der Waals surface area contributed by atoms with Gasteiger partial charge in [-0.15, -0.1) is 0 Å². The van der Waals surface area contributed by atoms with Crippen LogP contribution in [0.4, 0.5) is 18.9 Å². The molecule has 0 saturated heterocycles. The first kappa shape index (κ1) is 14.2. The Bertz CT molecular complexity index is 619. The van der Waals surface area contributed by atoms with E-state index in [-0.39, 0.29) is 27.3 Å². The molecule has 0 aliphatic carbocycles. The summed E-state index contributed by atoms with van der Waals surface area (Å²) in [6.45, 7) is -0.171. The van der Waals surface area contributed by atoms with Crippen molar-refractivity contribution >= 4 is 33.2 Å². The molecule has 0 unspecified atom stereocenters. The Morgan fingerprint density at radius 3 is 2.47 bits per heavy atom. The zero-order valence-electron chi connectivity index (χ0n) is 9.48. The molecule has 0 radical (unpaired) electrons. The maximum atomic E-state index is 13.7. The van der Waals surface area contributed by atoms with Crippen molar-refractivity contribution in [2.24, 2.45) is 0 Å². The molecule has 0 bridgehead atoms. The van der Waals surface area contributed by atoms with Crippen LogP contribution < -0.4 is 5.32 Å². The molecule has 0 saturated carbocycles. The van der Waals surface area contributed by atoms with Crippen molar-refractivity contribution in [3.8, 4) is 0 Å². The minimum Gasteiger partial charge on any atom is -0.378 e. The Kier molecular flexibility index (Phi) is 4.37. The fourth-order valence-electron chi connectivity index (χ4n) is 1.55. The Morgan fingerprint density at radius 2 is 1.79 bits per heavy atom. The molecule has 0 fully saturated rings. The third kappa shape index (κ3) is 3.22. The highest BCUT2D eigenvalue weighted by atomic mass is 79.9. The molecule has 19 heavy (non-hydrogen) atoms. The maximum Gasteiger partial charge on any atom is 0.147 e. The van der Waals surface area contributed by atoms with E-state index in [1.165, 1.54) is 18.2 Å². The van der Waals surface area contributed by atoms with Crippen LogP contribution in [0.2, 0.25) is 5.02 Å². The molecule has 0 aliphatic rings. The van der Waals surface area contributed by atoms with Crippen molar-refractivity contribution in [2.45, 2.75) is 6.54 Å². The SMILES string of the molecule is Fc1cc(Cl)ccc1NCc1c(F)ccc(Br)c1F. The van der Waals surface area contributed by atoms with Crippen LogP contribution in [0.25, 0.3) is 0 Å². The lowest BCUT2D eigenvalue weighted by Gasteiger charge is -2.10. The number of hydrogen-bond acceptors (Lipinski definition) is 1. The van der Waals surface area contributed by atoms with Crippen molar-refractivity contribution in [1.29, 1.82) is 0 Å². The molecular weight excluding hydrogens is 343 g/mol. The summed E-state index contributed by atoms with van der Waals surface area (Å²) in [6.07, 6.45) is 0. The van der Waals surface area contributed by atoms with Crippen molar-refractivity contribution < 1.29 is 13.2 Å². The Balaban J connectivity index is 2.21. The van der Waals surface area contributed by atoms with Crippen molar-refractivity contribution in [3.05, 3.63) is 62.8 Å². The fourth-order valence-corrected chi connectivity index (χ4v) is 2.08. The molecule has 0 spiro atoms. The van der Waals surface area contributed by atoms with Gasteiger partial charge in [-0.2, -0.15) is 0 Å². The average molecular weight is 351 g/mol. The van der Waals surface area contributed by atoms with Gasteiger partial charge in [0.25, 0.3) is 0 Å². The molecule has 0 aromatic heterocycles. The summed E-state index contributed by atoms with van der Waals surface area (Å²) < 4.78 is 40.8. The summed E-state index contributed by atoms with van der Waals surface area (Å²) in [5, 5.41) is 2.88. The molecule has 0 heterocycles. The predicted molar refractivity (Wildman–Crippen MR) is 72.8 cm³/mol. The van der Waals surface area contributed by atoms with Gasteiger partial charge < -0.3 is 5.32 Å². The second kappa shape index (κ2) is 5.84. The van der Waals surface area contributed by atoms with Gasteiger partial charge in [-0.1, -0.05) is 11.6 Å². The standard InChI is InChI=1S/C13H8BrClF3N/c14-9-2-3-10(16)8(13(9)18)6-19-12-4-1-7(15)5-11(12)17/h1-5,19H,6H2. The lowest BCUT2D eigenvalue weighted by molar-refractivity contribution is 0.555. The molecule has 0 aliphatic heterocycles. The molecule has 2 aromatic carbocycles. The number of hydrogen-bond donors (Lipinski definition) is 1. The van der Waals surface area contributed by atoms with E-state index in [4.69, 9.17) is 11.6 Å². The van der Waals surface area contributed by atoms with Gasteiger partial charge in [-0.05, 0) is 46.3 Å². The minimum atomic E-state index is -0.707. The number of halogens is 5. The van der Waals surface area contributed by atoms with Crippen LogP contribution in [-0.4, -0.2) is 0 Å². The van der Waals surface area contributed by atoms with Crippen LogP contribution in [0.5, 0.6) is 0 Å². The summed E-state index contributed by atoms with van der Waals surface area (Å²) in [4.78, 5) is 0. The Hall–Kier alpha value is -1.20. The van der Waals surface area contributed by atoms with Crippen molar-refractivity contribution in [3.63, 3.8) is 0 Å². The van der Waals surface area contributed by atoms with E-state index in [9.17, 15) is 13.2 Å². The molecule has 0 atom stereocenters. The Labute approximate surface area is 121 Å². The van der Waals surface area contributed by atoms with E-state index in [0.29, 0.717) is 0 Å². The van der Waals surface area contributed by atoms with E-state index in [1.54, 1.807) is 0 Å².